The van der Waals surface area contributed by atoms with Crippen LogP contribution in [0.4, 0.5) is 0 Å². The number of halogens is 2. The molecule has 0 aliphatic carbocycles. The number of benzene rings is 1. The van der Waals surface area contributed by atoms with Crippen LogP contribution in [0.1, 0.15) is 12.0 Å². The van der Waals surface area contributed by atoms with E-state index in [0.29, 0.717) is 16.5 Å². The molecule has 1 aliphatic heterocycles. The van der Waals surface area contributed by atoms with Crippen LogP contribution in [0.15, 0.2) is 24.3 Å². The molecule has 1 fully saturated rings. The minimum absolute atomic E-state index is 0.113. The second-order valence-electron chi connectivity index (χ2n) is 4.68. The number of carbonyl (C=O) groups excluding carboxylic acids is 1. The van der Waals surface area contributed by atoms with Crippen molar-refractivity contribution in [3.05, 3.63) is 39.9 Å². The highest BCUT2D eigenvalue weighted by Crippen LogP contribution is 2.23. The predicted molar refractivity (Wildman–Crippen MR) is 82.4 cm³/mol. The van der Waals surface area contributed by atoms with Gasteiger partial charge in [-0.05, 0) is 23.8 Å². The molecule has 0 amide bonds. The van der Waals surface area contributed by atoms with Gasteiger partial charge in [0.25, 0.3) is 0 Å². The summed E-state index contributed by atoms with van der Waals surface area (Å²) in [7, 11) is 0. The average Bonchev–Trinajstić information content (AvgIpc) is 2.47. The van der Waals surface area contributed by atoms with Gasteiger partial charge in [0, 0.05) is 26.1 Å². The fourth-order valence-electron chi connectivity index (χ4n) is 1.98. The van der Waals surface area contributed by atoms with Gasteiger partial charge in [0.15, 0.2) is 5.78 Å². The lowest BCUT2D eigenvalue weighted by atomic mass is 10.1. The number of hydrogen-bond donors (Lipinski definition) is 0. The molecule has 0 atom stereocenters. The number of nitrogens with zero attached hydrogens (tertiary/aromatic N) is 1. The fourth-order valence-corrected chi connectivity index (χ4v) is 2.29. The summed E-state index contributed by atoms with van der Waals surface area (Å²) in [5.74, 6) is 0.113. The molecule has 1 aromatic carbocycles. The molecule has 1 heterocycles. The van der Waals surface area contributed by atoms with Crippen molar-refractivity contribution >= 4 is 35.1 Å². The lowest BCUT2D eigenvalue weighted by molar-refractivity contribution is -0.115. The van der Waals surface area contributed by atoms with Gasteiger partial charge in [-0.25, -0.2) is 0 Å². The van der Waals surface area contributed by atoms with Gasteiger partial charge in [-0.2, -0.15) is 0 Å². The van der Waals surface area contributed by atoms with Crippen molar-refractivity contribution in [2.45, 2.75) is 6.42 Å². The Bertz CT molecular complexity index is 497. The summed E-state index contributed by atoms with van der Waals surface area (Å²) in [5.41, 5.74) is 0.874. The summed E-state index contributed by atoms with van der Waals surface area (Å²) in [6.07, 6.45) is 3.89. The summed E-state index contributed by atoms with van der Waals surface area (Å²) in [6, 6.07) is 5.30. The highest BCUT2D eigenvalue weighted by molar-refractivity contribution is 6.42. The van der Waals surface area contributed by atoms with Crippen LogP contribution in [0.25, 0.3) is 6.08 Å². The van der Waals surface area contributed by atoms with Gasteiger partial charge < -0.3 is 4.74 Å². The SMILES string of the molecule is O=C(/C=C/c1ccc(Cl)c(Cl)c1)CCN1CCOCC1. The summed E-state index contributed by atoms with van der Waals surface area (Å²) < 4.78 is 5.27. The molecule has 0 bridgehead atoms. The fraction of sp³-hybridized carbons (Fsp3) is 0.400. The molecule has 0 saturated carbocycles. The Balaban J connectivity index is 1.80. The summed E-state index contributed by atoms with van der Waals surface area (Å²) >= 11 is 11.8. The molecule has 0 spiro atoms. The minimum Gasteiger partial charge on any atom is -0.379 e. The van der Waals surface area contributed by atoms with Crippen molar-refractivity contribution in [1.29, 1.82) is 0 Å². The van der Waals surface area contributed by atoms with Gasteiger partial charge in [-0.3, -0.25) is 9.69 Å². The summed E-state index contributed by atoms with van der Waals surface area (Å²) in [4.78, 5) is 14.1. The third kappa shape index (κ3) is 4.91. The van der Waals surface area contributed by atoms with Crippen LogP contribution in [0.2, 0.25) is 10.0 Å². The van der Waals surface area contributed by atoms with Crippen molar-refractivity contribution in [3.63, 3.8) is 0 Å². The molecule has 1 aliphatic rings. The van der Waals surface area contributed by atoms with E-state index < -0.39 is 0 Å². The van der Waals surface area contributed by atoms with Crippen LogP contribution in [0, 0.1) is 0 Å². The maximum Gasteiger partial charge on any atom is 0.156 e. The van der Waals surface area contributed by atoms with Crippen LogP contribution in [-0.2, 0) is 9.53 Å². The second kappa shape index (κ2) is 7.79. The smallest absolute Gasteiger partial charge is 0.156 e. The van der Waals surface area contributed by atoms with E-state index in [1.54, 1.807) is 24.3 Å². The van der Waals surface area contributed by atoms with Crippen LogP contribution < -0.4 is 0 Å². The van der Waals surface area contributed by atoms with Crippen LogP contribution >= 0.6 is 23.2 Å². The molecule has 0 aromatic heterocycles. The molecule has 20 heavy (non-hydrogen) atoms. The molecule has 5 heteroatoms. The maximum absolute atomic E-state index is 11.8. The van der Waals surface area contributed by atoms with E-state index in [0.717, 1.165) is 38.4 Å². The quantitative estimate of drug-likeness (QED) is 0.781. The molecule has 1 saturated heterocycles. The predicted octanol–water partition coefficient (Wildman–Crippen LogP) is 3.30. The normalized spacial score (nSPS) is 16.7. The van der Waals surface area contributed by atoms with E-state index >= 15 is 0 Å². The van der Waals surface area contributed by atoms with Crippen molar-refractivity contribution in [1.82, 2.24) is 4.90 Å². The highest BCUT2D eigenvalue weighted by Gasteiger charge is 2.10. The average molecular weight is 314 g/mol. The van der Waals surface area contributed by atoms with E-state index in [-0.39, 0.29) is 5.78 Å². The number of carbonyl (C=O) groups is 1. The first kappa shape index (κ1) is 15.5. The molecular weight excluding hydrogens is 297 g/mol. The molecule has 108 valence electrons. The zero-order valence-electron chi connectivity index (χ0n) is 11.1. The Kier molecular flexibility index (Phi) is 6.05. The molecular formula is C15H17Cl2NO2. The molecule has 1 aromatic rings. The number of ether oxygens (including phenoxy) is 1. The lowest BCUT2D eigenvalue weighted by Crippen LogP contribution is -2.37. The first-order chi connectivity index (χ1) is 9.65. The lowest BCUT2D eigenvalue weighted by Gasteiger charge is -2.25. The van der Waals surface area contributed by atoms with Gasteiger partial charge in [0.2, 0.25) is 0 Å². The minimum atomic E-state index is 0.113. The first-order valence-corrected chi connectivity index (χ1v) is 7.37. The standard InChI is InChI=1S/C15H17Cl2NO2/c16-14-4-2-12(11-15(14)17)1-3-13(19)5-6-18-7-9-20-10-8-18/h1-4,11H,5-10H2/b3-1+. The third-order valence-corrected chi connectivity index (χ3v) is 3.92. The van der Waals surface area contributed by atoms with E-state index in [1.165, 1.54) is 0 Å². The van der Waals surface area contributed by atoms with Crippen molar-refractivity contribution < 1.29 is 9.53 Å². The Morgan fingerprint density at radius 2 is 2.00 bits per heavy atom. The third-order valence-electron chi connectivity index (χ3n) is 3.18. The molecule has 2 rings (SSSR count). The zero-order valence-corrected chi connectivity index (χ0v) is 12.7. The molecule has 3 nitrogen and oxygen atoms in total. The van der Waals surface area contributed by atoms with Crippen LogP contribution in [0.3, 0.4) is 0 Å². The Hall–Kier alpha value is -0.870. The molecule has 0 radical (unpaired) electrons. The highest BCUT2D eigenvalue weighted by atomic mass is 35.5. The van der Waals surface area contributed by atoms with Gasteiger partial charge >= 0.3 is 0 Å². The van der Waals surface area contributed by atoms with Gasteiger partial charge in [0.1, 0.15) is 0 Å². The zero-order chi connectivity index (χ0) is 14.4. The second-order valence-corrected chi connectivity index (χ2v) is 5.49. The van der Waals surface area contributed by atoms with E-state index in [9.17, 15) is 4.79 Å². The summed E-state index contributed by atoms with van der Waals surface area (Å²) in [5, 5.41) is 1.01. The van der Waals surface area contributed by atoms with Crippen molar-refractivity contribution in [2.24, 2.45) is 0 Å². The monoisotopic (exact) mass is 313 g/mol. The number of allylic oxidation sites excluding steroid dienone is 1. The van der Waals surface area contributed by atoms with E-state index in [1.807, 2.05) is 6.07 Å². The van der Waals surface area contributed by atoms with E-state index in [2.05, 4.69) is 4.90 Å². The van der Waals surface area contributed by atoms with Crippen molar-refractivity contribution in [3.8, 4) is 0 Å². The first-order valence-electron chi connectivity index (χ1n) is 6.61. The van der Waals surface area contributed by atoms with Crippen LogP contribution in [-0.4, -0.2) is 43.5 Å². The van der Waals surface area contributed by atoms with Crippen LogP contribution in [0.5, 0.6) is 0 Å². The number of hydrogen-bond acceptors (Lipinski definition) is 3. The number of ketones is 1. The maximum atomic E-state index is 11.8. The summed E-state index contributed by atoms with van der Waals surface area (Å²) in [6.45, 7) is 4.11. The van der Waals surface area contributed by atoms with E-state index in [4.69, 9.17) is 27.9 Å². The largest absolute Gasteiger partial charge is 0.379 e. The van der Waals surface area contributed by atoms with Gasteiger partial charge in [-0.15, -0.1) is 0 Å². The Labute approximate surface area is 129 Å². The van der Waals surface area contributed by atoms with Gasteiger partial charge in [-0.1, -0.05) is 35.3 Å². The van der Waals surface area contributed by atoms with Gasteiger partial charge in [0.05, 0.1) is 23.3 Å². The Morgan fingerprint density at radius 3 is 2.70 bits per heavy atom. The number of rotatable bonds is 5. The number of morpholine rings is 1. The molecule has 0 unspecified atom stereocenters. The van der Waals surface area contributed by atoms with Crippen molar-refractivity contribution in [2.75, 3.05) is 32.8 Å². The Morgan fingerprint density at radius 1 is 1.25 bits per heavy atom. The topological polar surface area (TPSA) is 29.5 Å². The molecule has 0 N–H and O–H groups in total.